The number of piperidine rings is 1. The van der Waals surface area contributed by atoms with Crippen molar-refractivity contribution in [2.45, 2.75) is 44.9 Å². The van der Waals surface area contributed by atoms with Crippen molar-refractivity contribution in [3.05, 3.63) is 0 Å². The number of rotatable bonds is 5. The van der Waals surface area contributed by atoms with E-state index in [4.69, 9.17) is 0 Å². The first kappa shape index (κ1) is 20.2. The molecule has 1 saturated carbocycles. The van der Waals surface area contributed by atoms with E-state index in [1.54, 1.807) is 0 Å². The summed E-state index contributed by atoms with van der Waals surface area (Å²) >= 11 is 0. The van der Waals surface area contributed by atoms with Gasteiger partial charge >= 0.3 is 0 Å². The second-order valence-electron chi connectivity index (χ2n) is 7.48. The second kappa shape index (κ2) is 8.99. The Hall–Kier alpha value is -1.14. The van der Waals surface area contributed by atoms with Gasteiger partial charge in [-0.15, -0.1) is 12.4 Å². The molecule has 0 bridgehead atoms. The molecule has 2 aliphatic heterocycles. The second-order valence-corrected chi connectivity index (χ2v) is 7.48. The van der Waals surface area contributed by atoms with Gasteiger partial charge in [-0.2, -0.15) is 0 Å². The van der Waals surface area contributed by atoms with Crippen LogP contribution in [0.1, 0.15) is 44.9 Å². The highest BCUT2D eigenvalue weighted by Gasteiger charge is 2.48. The Bertz CT molecular complexity index is 482. The van der Waals surface area contributed by atoms with Crippen LogP contribution in [0.25, 0.3) is 0 Å². The maximum atomic E-state index is 12.5. The average Bonchev–Trinajstić information content (AvgIpc) is 2.85. The van der Waals surface area contributed by atoms with E-state index in [0.717, 1.165) is 64.6 Å². The molecule has 0 radical (unpaired) electrons. The van der Waals surface area contributed by atoms with E-state index in [2.05, 4.69) is 5.32 Å². The number of carbonyl (C=O) groups is 3. The fourth-order valence-electron chi connectivity index (χ4n) is 4.44. The van der Waals surface area contributed by atoms with Gasteiger partial charge in [-0.3, -0.25) is 19.3 Å². The molecule has 3 aliphatic rings. The predicted octanol–water partition coefficient (Wildman–Crippen LogP) is 1.43. The van der Waals surface area contributed by atoms with E-state index in [1.165, 1.54) is 4.90 Å². The number of halogens is 1. The normalized spacial score (nSPS) is 27.2. The standard InChI is InChI=1S/C18H29N3O3.ClH/c1-19-9-6-13-7-10-20(11-8-13)16(22)12-21-17(23)14-4-2-3-5-15(14)18(21)24;/h13-15,19H,2-12H2,1H3;1H. The van der Waals surface area contributed by atoms with Gasteiger partial charge in [0.25, 0.3) is 0 Å². The summed E-state index contributed by atoms with van der Waals surface area (Å²) in [7, 11) is 1.96. The van der Waals surface area contributed by atoms with Gasteiger partial charge in [-0.1, -0.05) is 12.8 Å². The van der Waals surface area contributed by atoms with Crippen LogP contribution in [0, 0.1) is 17.8 Å². The van der Waals surface area contributed by atoms with Crippen LogP contribution in [0.3, 0.4) is 0 Å². The lowest BCUT2D eigenvalue weighted by Gasteiger charge is -2.33. The number of fused-ring (bicyclic) bond motifs is 1. The van der Waals surface area contributed by atoms with Crippen molar-refractivity contribution in [3.63, 3.8) is 0 Å². The van der Waals surface area contributed by atoms with Gasteiger partial charge < -0.3 is 10.2 Å². The molecule has 2 unspecified atom stereocenters. The third-order valence-corrected chi connectivity index (χ3v) is 6.00. The zero-order chi connectivity index (χ0) is 17.1. The smallest absolute Gasteiger partial charge is 0.242 e. The van der Waals surface area contributed by atoms with Crippen LogP contribution < -0.4 is 5.32 Å². The monoisotopic (exact) mass is 371 g/mol. The van der Waals surface area contributed by atoms with Gasteiger partial charge in [0, 0.05) is 13.1 Å². The summed E-state index contributed by atoms with van der Waals surface area (Å²) < 4.78 is 0. The van der Waals surface area contributed by atoms with Crippen molar-refractivity contribution in [3.8, 4) is 0 Å². The highest BCUT2D eigenvalue weighted by atomic mass is 35.5. The molecular formula is C18H30ClN3O3. The summed E-state index contributed by atoms with van der Waals surface area (Å²) in [5.74, 6) is 0.0587. The van der Waals surface area contributed by atoms with Gasteiger partial charge in [-0.05, 0) is 51.6 Å². The largest absolute Gasteiger partial charge is 0.341 e. The summed E-state index contributed by atoms with van der Waals surface area (Å²) in [6.07, 6.45) is 6.81. The molecule has 2 atom stereocenters. The number of nitrogens with one attached hydrogen (secondary N) is 1. The number of hydrogen-bond acceptors (Lipinski definition) is 4. The highest BCUT2D eigenvalue weighted by Crippen LogP contribution is 2.38. The van der Waals surface area contributed by atoms with E-state index in [1.807, 2.05) is 11.9 Å². The minimum absolute atomic E-state index is 0. The molecule has 6 nitrogen and oxygen atoms in total. The number of hydrogen-bond donors (Lipinski definition) is 1. The minimum atomic E-state index is -0.161. The molecule has 25 heavy (non-hydrogen) atoms. The van der Waals surface area contributed by atoms with Crippen molar-refractivity contribution in [1.82, 2.24) is 15.1 Å². The minimum Gasteiger partial charge on any atom is -0.341 e. The van der Waals surface area contributed by atoms with Crippen LogP contribution in [0.15, 0.2) is 0 Å². The molecule has 3 fully saturated rings. The maximum absolute atomic E-state index is 12.5. The summed E-state index contributed by atoms with van der Waals surface area (Å²) in [4.78, 5) is 40.5. The Morgan fingerprint density at radius 3 is 2.12 bits per heavy atom. The van der Waals surface area contributed by atoms with Crippen molar-refractivity contribution < 1.29 is 14.4 Å². The summed E-state index contributed by atoms with van der Waals surface area (Å²) in [5, 5.41) is 3.17. The van der Waals surface area contributed by atoms with Crippen molar-refractivity contribution >= 4 is 30.1 Å². The molecule has 3 rings (SSSR count). The highest BCUT2D eigenvalue weighted by molar-refractivity contribution is 6.07. The van der Waals surface area contributed by atoms with Crippen molar-refractivity contribution in [2.75, 3.05) is 33.2 Å². The van der Waals surface area contributed by atoms with E-state index in [-0.39, 0.29) is 48.5 Å². The third-order valence-electron chi connectivity index (χ3n) is 6.00. The number of likely N-dealkylation sites (tertiary alicyclic amines) is 2. The number of nitrogens with zero attached hydrogens (tertiary/aromatic N) is 2. The molecule has 2 saturated heterocycles. The lowest BCUT2D eigenvalue weighted by Crippen LogP contribution is -2.46. The van der Waals surface area contributed by atoms with E-state index in [9.17, 15) is 14.4 Å². The van der Waals surface area contributed by atoms with Crippen molar-refractivity contribution in [1.29, 1.82) is 0 Å². The first-order valence-corrected chi connectivity index (χ1v) is 9.39. The summed E-state index contributed by atoms with van der Waals surface area (Å²) in [5.41, 5.74) is 0. The molecule has 142 valence electrons. The van der Waals surface area contributed by atoms with Crippen molar-refractivity contribution in [2.24, 2.45) is 17.8 Å². The molecule has 3 amide bonds. The maximum Gasteiger partial charge on any atom is 0.242 e. The average molecular weight is 372 g/mol. The Kier molecular flexibility index (Phi) is 7.25. The van der Waals surface area contributed by atoms with Crippen LogP contribution in [0.5, 0.6) is 0 Å². The van der Waals surface area contributed by atoms with Crippen LogP contribution >= 0.6 is 12.4 Å². The molecular weight excluding hydrogens is 342 g/mol. The van der Waals surface area contributed by atoms with Gasteiger partial charge in [0.1, 0.15) is 6.54 Å². The van der Waals surface area contributed by atoms with Crippen LogP contribution in [0.2, 0.25) is 0 Å². The topological polar surface area (TPSA) is 69.7 Å². The molecule has 0 aromatic rings. The van der Waals surface area contributed by atoms with Gasteiger partial charge in [-0.25, -0.2) is 0 Å². The van der Waals surface area contributed by atoms with Crippen LogP contribution in [-0.2, 0) is 14.4 Å². The fourth-order valence-corrected chi connectivity index (χ4v) is 4.44. The van der Waals surface area contributed by atoms with E-state index >= 15 is 0 Å². The fraction of sp³-hybridized carbons (Fsp3) is 0.833. The van der Waals surface area contributed by atoms with E-state index < -0.39 is 0 Å². The molecule has 1 aliphatic carbocycles. The zero-order valence-corrected chi connectivity index (χ0v) is 15.9. The van der Waals surface area contributed by atoms with E-state index in [0.29, 0.717) is 5.92 Å². The van der Waals surface area contributed by atoms with Gasteiger partial charge in [0.05, 0.1) is 11.8 Å². The first-order valence-electron chi connectivity index (χ1n) is 9.39. The molecule has 2 heterocycles. The summed E-state index contributed by atoms with van der Waals surface area (Å²) in [6.45, 7) is 2.45. The molecule has 0 aromatic carbocycles. The number of amides is 3. The molecule has 1 N–H and O–H groups in total. The predicted molar refractivity (Wildman–Crippen MR) is 97.3 cm³/mol. The Morgan fingerprint density at radius 2 is 1.60 bits per heavy atom. The lowest BCUT2D eigenvalue weighted by atomic mass is 9.81. The van der Waals surface area contributed by atoms with Gasteiger partial charge in [0.2, 0.25) is 17.7 Å². The van der Waals surface area contributed by atoms with Crippen LogP contribution in [0.4, 0.5) is 0 Å². The molecule has 0 spiro atoms. The van der Waals surface area contributed by atoms with Crippen LogP contribution in [-0.4, -0.2) is 60.7 Å². The SMILES string of the molecule is CNCCC1CCN(C(=O)CN2C(=O)C3CCCCC3C2=O)CC1.Cl. The third kappa shape index (κ3) is 4.34. The Balaban J connectivity index is 0.00000225. The van der Waals surface area contributed by atoms with Gasteiger partial charge in [0.15, 0.2) is 0 Å². The number of imide groups is 1. The summed E-state index contributed by atoms with van der Waals surface area (Å²) in [6, 6.07) is 0. The zero-order valence-electron chi connectivity index (χ0n) is 15.0. The Labute approximate surface area is 156 Å². The Morgan fingerprint density at radius 1 is 1.04 bits per heavy atom. The first-order chi connectivity index (χ1) is 11.6. The molecule has 7 heteroatoms. The lowest BCUT2D eigenvalue weighted by molar-refractivity contribution is -0.147. The quantitative estimate of drug-likeness (QED) is 0.742. The molecule has 0 aromatic heterocycles. The number of carbonyl (C=O) groups excluding carboxylic acids is 3.